The fourth-order valence-corrected chi connectivity index (χ4v) is 3.21. The topological polar surface area (TPSA) is 110 Å². The Morgan fingerprint density at radius 2 is 2.16 bits per heavy atom. The van der Waals surface area contributed by atoms with Crippen LogP contribution < -0.4 is 15.1 Å². The van der Waals surface area contributed by atoms with Gasteiger partial charge in [0.25, 0.3) is 0 Å². The van der Waals surface area contributed by atoms with Gasteiger partial charge in [-0.05, 0) is 36.8 Å². The van der Waals surface area contributed by atoms with Crippen molar-refractivity contribution in [1.82, 2.24) is 9.97 Å². The van der Waals surface area contributed by atoms with Gasteiger partial charge in [0, 0.05) is 24.5 Å². The third kappa shape index (κ3) is 4.49. The first-order valence-electron chi connectivity index (χ1n) is 9.81. The van der Waals surface area contributed by atoms with E-state index in [0.29, 0.717) is 53.7 Å². The second-order valence-corrected chi connectivity index (χ2v) is 7.02. The van der Waals surface area contributed by atoms with Crippen LogP contribution in [0.4, 0.5) is 11.8 Å². The lowest BCUT2D eigenvalue weighted by Gasteiger charge is -2.18. The summed E-state index contributed by atoms with van der Waals surface area (Å²) in [6.07, 6.45) is 0. The van der Waals surface area contributed by atoms with Gasteiger partial charge in [0.2, 0.25) is 5.95 Å². The van der Waals surface area contributed by atoms with Crippen molar-refractivity contribution in [1.29, 1.82) is 5.26 Å². The molecule has 0 aliphatic carbocycles. The van der Waals surface area contributed by atoms with E-state index in [1.54, 1.807) is 37.1 Å². The van der Waals surface area contributed by atoms with Gasteiger partial charge >= 0.3 is 5.97 Å². The number of anilines is 2. The number of carbonyl (C=O) groups is 1. The fraction of sp³-hybridized carbons (Fsp3) is 0.273. The summed E-state index contributed by atoms with van der Waals surface area (Å²) in [5, 5.41) is 13.3. The minimum Gasteiger partial charge on any atom is -0.465 e. The minimum absolute atomic E-state index is 0.0250. The molecule has 1 aliphatic heterocycles. The fourth-order valence-electron chi connectivity index (χ4n) is 3.21. The van der Waals surface area contributed by atoms with Gasteiger partial charge in [-0.15, -0.1) is 0 Å². The van der Waals surface area contributed by atoms with Crippen LogP contribution in [0.25, 0.3) is 10.9 Å². The zero-order valence-electron chi connectivity index (χ0n) is 17.2. The number of nitriles is 1. The molecule has 1 aromatic heterocycles. The molecule has 1 aliphatic rings. The van der Waals surface area contributed by atoms with Crippen molar-refractivity contribution < 1.29 is 19.3 Å². The highest BCUT2D eigenvalue weighted by Gasteiger charge is 2.16. The maximum absolute atomic E-state index is 11.9. The Balaban J connectivity index is 1.64. The summed E-state index contributed by atoms with van der Waals surface area (Å²) in [4.78, 5) is 32.8. The number of ether oxygens (including phenoxy) is 1. The van der Waals surface area contributed by atoms with E-state index in [0.717, 1.165) is 11.1 Å². The molecule has 0 saturated carbocycles. The average molecular weight is 419 g/mol. The molecule has 1 N–H and O–H groups in total. The van der Waals surface area contributed by atoms with E-state index >= 15 is 0 Å². The highest BCUT2D eigenvalue weighted by Crippen LogP contribution is 2.28. The third-order valence-corrected chi connectivity index (χ3v) is 4.78. The summed E-state index contributed by atoms with van der Waals surface area (Å²) >= 11 is 0. The second-order valence-electron chi connectivity index (χ2n) is 7.02. The number of benzene rings is 2. The number of nitrogens with one attached hydrogen (secondary N) is 1. The molecule has 2 heterocycles. The zero-order chi connectivity index (χ0) is 21.8. The Kier molecular flexibility index (Phi) is 5.82. The lowest BCUT2D eigenvalue weighted by molar-refractivity contribution is -0.194. The van der Waals surface area contributed by atoms with Crippen LogP contribution in [0.15, 0.2) is 36.4 Å². The van der Waals surface area contributed by atoms with Gasteiger partial charge in [0.05, 0.1) is 23.8 Å². The summed E-state index contributed by atoms with van der Waals surface area (Å²) in [5.74, 6) is 1.28. The standard InChI is InChI=1S/C22H21N5O4/c1-3-29-20(28)12-27(2)22-25-18-7-5-14(10-23)8-17(18)21(26-22)24-11-15-4-6-16-13-30-31-19(16)9-15/h4-9H,3,11-13H2,1-2H3,(H,24,25,26). The van der Waals surface area contributed by atoms with Crippen LogP contribution in [-0.2, 0) is 27.6 Å². The molecule has 0 spiro atoms. The molecule has 0 bridgehead atoms. The van der Waals surface area contributed by atoms with Crippen LogP contribution in [0.2, 0.25) is 0 Å². The van der Waals surface area contributed by atoms with Gasteiger partial charge in [0.15, 0.2) is 5.75 Å². The van der Waals surface area contributed by atoms with Crippen LogP contribution in [0.3, 0.4) is 0 Å². The highest BCUT2D eigenvalue weighted by atomic mass is 17.2. The van der Waals surface area contributed by atoms with E-state index in [1.165, 1.54) is 0 Å². The van der Waals surface area contributed by atoms with Crippen LogP contribution in [0.1, 0.15) is 23.6 Å². The molecule has 158 valence electrons. The number of hydrogen-bond acceptors (Lipinski definition) is 9. The average Bonchev–Trinajstić information content (AvgIpc) is 3.25. The number of rotatable bonds is 7. The Morgan fingerprint density at radius 1 is 1.29 bits per heavy atom. The Bertz CT molecular complexity index is 1170. The molecular weight excluding hydrogens is 398 g/mol. The van der Waals surface area contributed by atoms with Crippen molar-refractivity contribution in [2.24, 2.45) is 0 Å². The molecule has 9 nitrogen and oxygen atoms in total. The van der Waals surface area contributed by atoms with Crippen molar-refractivity contribution in [3.8, 4) is 11.8 Å². The van der Waals surface area contributed by atoms with Gasteiger partial charge in [-0.25, -0.2) is 4.98 Å². The van der Waals surface area contributed by atoms with E-state index in [4.69, 9.17) is 14.5 Å². The summed E-state index contributed by atoms with van der Waals surface area (Å²) in [7, 11) is 1.73. The Labute approximate surface area is 179 Å². The van der Waals surface area contributed by atoms with Crippen LogP contribution in [0.5, 0.6) is 5.75 Å². The lowest BCUT2D eigenvalue weighted by Crippen LogP contribution is -2.28. The monoisotopic (exact) mass is 419 g/mol. The summed E-state index contributed by atoms with van der Waals surface area (Å²) < 4.78 is 5.01. The van der Waals surface area contributed by atoms with Crippen molar-refractivity contribution in [2.45, 2.75) is 20.1 Å². The molecule has 0 saturated heterocycles. The Hall–Kier alpha value is -3.90. The predicted molar refractivity (Wildman–Crippen MR) is 113 cm³/mol. The first-order chi connectivity index (χ1) is 15.1. The molecule has 4 rings (SSSR count). The van der Waals surface area contributed by atoms with Crippen LogP contribution in [0, 0.1) is 11.3 Å². The summed E-state index contributed by atoms with van der Waals surface area (Å²) in [6, 6.07) is 13.2. The van der Waals surface area contributed by atoms with Gasteiger partial charge in [-0.3, -0.25) is 4.79 Å². The third-order valence-electron chi connectivity index (χ3n) is 4.78. The number of fused-ring (bicyclic) bond motifs is 2. The molecular formula is C22H21N5O4. The zero-order valence-corrected chi connectivity index (χ0v) is 17.2. The van der Waals surface area contributed by atoms with Crippen LogP contribution >= 0.6 is 0 Å². The van der Waals surface area contributed by atoms with Gasteiger partial charge in [-0.1, -0.05) is 12.1 Å². The number of carbonyl (C=O) groups excluding carboxylic acids is 1. The number of likely N-dealkylation sites (N-methyl/N-ethyl adjacent to an activating group) is 1. The molecule has 0 fully saturated rings. The molecule has 0 unspecified atom stereocenters. The maximum atomic E-state index is 11.9. The van der Waals surface area contributed by atoms with E-state index in [1.807, 2.05) is 18.2 Å². The molecule has 9 heteroatoms. The van der Waals surface area contributed by atoms with E-state index in [9.17, 15) is 10.1 Å². The molecule has 0 radical (unpaired) electrons. The lowest BCUT2D eigenvalue weighted by atomic mass is 10.1. The molecule has 3 aromatic rings. The maximum Gasteiger partial charge on any atom is 0.325 e. The molecule has 2 aromatic carbocycles. The molecule has 0 atom stereocenters. The first-order valence-corrected chi connectivity index (χ1v) is 9.81. The minimum atomic E-state index is -0.358. The van der Waals surface area contributed by atoms with Gasteiger partial charge in [0.1, 0.15) is 19.0 Å². The van der Waals surface area contributed by atoms with E-state index in [-0.39, 0.29) is 12.5 Å². The highest BCUT2D eigenvalue weighted by molar-refractivity contribution is 5.91. The van der Waals surface area contributed by atoms with Gasteiger partial charge < -0.3 is 19.8 Å². The second kappa shape index (κ2) is 8.85. The van der Waals surface area contributed by atoms with Crippen molar-refractivity contribution in [3.05, 3.63) is 53.1 Å². The Morgan fingerprint density at radius 3 is 2.97 bits per heavy atom. The summed E-state index contributed by atoms with van der Waals surface area (Å²) in [6.45, 7) is 3.00. The van der Waals surface area contributed by atoms with E-state index in [2.05, 4.69) is 21.4 Å². The quantitative estimate of drug-likeness (QED) is 0.456. The SMILES string of the molecule is CCOC(=O)CN(C)c1nc(NCc2ccc3c(c2)OOC3)c2cc(C#N)ccc2n1. The van der Waals surface area contributed by atoms with Crippen molar-refractivity contribution in [2.75, 3.05) is 30.4 Å². The van der Waals surface area contributed by atoms with Gasteiger partial charge in [-0.2, -0.15) is 15.1 Å². The molecule has 0 amide bonds. The van der Waals surface area contributed by atoms with Crippen molar-refractivity contribution >= 4 is 28.6 Å². The number of hydrogen-bond donors (Lipinski definition) is 1. The van der Waals surface area contributed by atoms with Crippen LogP contribution in [-0.4, -0.2) is 36.1 Å². The predicted octanol–water partition coefficient (Wildman–Crippen LogP) is 2.94. The summed E-state index contributed by atoms with van der Waals surface area (Å²) in [5.41, 5.74) is 3.15. The first kappa shape index (κ1) is 20.4. The molecule has 31 heavy (non-hydrogen) atoms. The number of aromatic nitrogens is 2. The number of nitrogens with zero attached hydrogens (tertiary/aromatic N) is 4. The normalized spacial score (nSPS) is 12.0. The number of esters is 1. The largest absolute Gasteiger partial charge is 0.465 e. The van der Waals surface area contributed by atoms with Crippen molar-refractivity contribution in [3.63, 3.8) is 0 Å². The van der Waals surface area contributed by atoms with E-state index < -0.39 is 0 Å². The smallest absolute Gasteiger partial charge is 0.325 e.